The lowest BCUT2D eigenvalue weighted by molar-refractivity contribution is -0.108. The summed E-state index contributed by atoms with van der Waals surface area (Å²) in [6.45, 7) is 5.25. The summed E-state index contributed by atoms with van der Waals surface area (Å²) in [7, 11) is 1.71. The number of ketones is 1. The molecule has 2 aliphatic heterocycles. The summed E-state index contributed by atoms with van der Waals surface area (Å²) in [4.78, 5) is 22.7. The highest BCUT2D eigenvalue weighted by molar-refractivity contribution is 5.97. The quantitative estimate of drug-likeness (QED) is 0.463. The molecule has 0 amide bonds. The highest BCUT2D eigenvalue weighted by Gasteiger charge is 2.41. The lowest BCUT2D eigenvalue weighted by atomic mass is 10.1. The monoisotopic (exact) mass is 424 g/mol. The van der Waals surface area contributed by atoms with Crippen LogP contribution in [0, 0.1) is 11.8 Å². The second-order valence-corrected chi connectivity index (χ2v) is 7.66. The molecule has 0 saturated carbocycles. The molecule has 31 heavy (non-hydrogen) atoms. The summed E-state index contributed by atoms with van der Waals surface area (Å²) >= 11 is 0. The zero-order valence-corrected chi connectivity index (χ0v) is 17.8. The summed E-state index contributed by atoms with van der Waals surface area (Å²) in [5, 5.41) is 25.4. The maximum atomic E-state index is 12.8. The molecule has 2 atom stereocenters. The number of hydrogen-bond acceptors (Lipinski definition) is 8. The van der Waals surface area contributed by atoms with Gasteiger partial charge in [0.2, 0.25) is 5.95 Å². The summed E-state index contributed by atoms with van der Waals surface area (Å²) in [6, 6.07) is 8.87. The third-order valence-corrected chi connectivity index (χ3v) is 5.74. The van der Waals surface area contributed by atoms with Crippen molar-refractivity contribution in [2.24, 2.45) is 0 Å². The number of carbonyl (C=O) groups is 1. The number of benzene rings is 1. The number of aliphatic hydroxyl groups is 2. The normalized spacial score (nSPS) is 21.4. The maximum absolute atomic E-state index is 12.8. The van der Waals surface area contributed by atoms with Gasteiger partial charge in [-0.2, -0.15) is 4.98 Å². The van der Waals surface area contributed by atoms with Crippen molar-refractivity contribution < 1.29 is 15.0 Å². The van der Waals surface area contributed by atoms with E-state index < -0.39 is 12.6 Å². The molecule has 0 aliphatic carbocycles. The van der Waals surface area contributed by atoms with Crippen LogP contribution in [0.1, 0.15) is 29.2 Å². The van der Waals surface area contributed by atoms with Gasteiger partial charge in [-0.15, -0.1) is 5.92 Å². The lowest BCUT2D eigenvalue weighted by Crippen LogP contribution is -2.54. The van der Waals surface area contributed by atoms with Gasteiger partial charge in [0.1, 0.15) is 5.69 Å². The van der Waals surface area contributed by atoms with E-state index >= 15 is 0 Å². The van der Waals surface area contributed by atoms with E-state index in [-0.39, 0.29) is 12.3 Å². The maximum Gasteiger partial charge on any atom is 0.208 e. The van der Waals surface area contributed by atoms with Gasteiger partial charge in [-0.3, -0.25) is 9.36 Å². The minimum Gasteiger partial charge on any atom is -0.372 e. The van der Waals surface area contributed by atoms with Crippen molar-refractivity contribution in [3.63, 3.8) is 0 Å². The van der Waals surface area contributed by atoms with Gasteiger partial charge in [0.15, 0.2) is 24.2 Å². The summed E-state index contributed by atoms with van der Waals surface area (Å²) in [5.74, 6) is 6.99. The number of rotatable bonds is 5. The largest absolute Gasteiger partial charge is 0.372 e. The van der Waals surface area contributed by atoms with Gasteiger partial charge in [-0.05, 0) is 6.92 Å². The Balaban J connectivity index is 1.70. The first-order chi connectivity index (χ1) is 15.0. The van der Waals surface area contributed by atoms with Crippen molar-refractivity contribution >= 4 is 17.5 Å². The molecule has 164 valence electrons. The fourth-order valence-corrected chi connectivity index (χ4v) is 4.04. The zero-order chi connectivity index (χ0) is 22.0. The summed E-state index contributed by atoms with van der Waals surface area (Å²) in [5.41, 5.74) is 1.06. The molecular weight excluding hydrogens is 396 g/mol. The average Bonchev–Trinajstić information content (AvgIpc) is 3.19. The molecule has 1 aromatic heterocycles. The topological polar surface area (TPSA) is 97.1 Å². The molecule has 1 saturated heterocycles. The van der Waals surface area contributed by atoms with Crippen LogP contribution in [0.4, 0.5) is 11.8 Å². The van der Waals surface area contributed by atoms with Gasteiger partial charge in [0.25, 0.3) is 0 Å². The van der Waals surface area contributed by atoms with E-state index in [1.54, 1.807) is 43.1 Å². The Bertz CT molecular complexity index is 990. The second kappa shape index (κ2) is 9.08. The Morgan fingerprint density at radius 1 is 1.23 bits per heavy atom. The van der Waals surface area contributed by atoms with Gasteiger partial charge in [-0.25, -0.2) is 4.90 Å². The first-order valence-electron chi connectivity index (χ1n) is 10.4. The predicted molar refractivity (Wildman–Crippen MR) is 118 cm³/mol. The van der Waals surface area contributed by atoms with E-state index in [2.05, 4.69) is 22.1 Å². The number of nitrogens with one attached hydrogen (secondary N) is 1. The van der Waals surface area contributed by atoms with Crippen LogP contribution in [-0.2, 0) is 6.54 Å². The molecule has 0 radical (unpaired) electrons. The summed E-state index contributed by atoms with van der Waals surface area (Å²) in [6.07, 6.45) is -2.39. The molecule has 1 aromatic carbocycles. The highest BCUT2D eigenvalue weighted by atomic mass is 16.3. The molecule has 2 aliphatic rings. The fourth-order valence-electron chi connectivity index (χ4n) is 4.04. The van der Waals surface area contributed by atoms with Gasteiger partial charge >= 0.3 is 0 Å². The minimum absolute atomic E-state index is 0.135. The molecule has 2 unspecified atom stereocenters. The first-order valence-corrected chi connectivity index (χ1v) is 10.4. The molecule has 0 spiro atoms. The van der Waals surface area contributed by atoms with Crippen LogP contribution in [0.3, 0.4) is 0 Å². The number of fused-ring (bicyclic) bond motifs is 1. The van der Waals surface area contributed by atoms with Crippen molar-refractivity contribution in [1.29, 1.82) is 0 Å². The van der Waals surface area contributed by atoms with Gasteiger partial charge in [-0.1, -0.05) is 36.3 Å². The molecule has 3 N–H and O–H groups in total. The third kappa shape index (κ3) is 4.03. The van der Waals surface area contributed by atoms with E-state index in [0.717, 1.165) is 26.2 Å². The molecule has 9 nitrogen and oxygen atoms in total. The number of nitrogens with zero attached hydrogens (tertiary/aromatic N) is 5. The molecule has 0 bridgehead atoms. The van der Waals surface area contributed by atoms with Crippen LogP contribution in [0.2, 0.25) is 0 Å². The fraction of sp³-hybridized carbons (Fsp3) is 0.455. The number of anilines is 2. The Hall–Kier alpha value is -2.90. The van der Waals surface area contributed by atoms with E-state index in [9.17, 15) is 15.0 Å². The van der Waals surface area contributed by atoms with E-state index in [1.807, 2.05) is 10.6 Å². The molecule has 9 heteroatoms. The SMILES string of the molecule is CC#CCn1c(N2CCNCC2)nc2c1C(O)N(CC(=O)c1ccccc1)C(O)N2C. The van der Waals surface area contributed by atoms with E-state index in [1.165, 1.54) is 4.90 Å². The number of aliphatic hydroxyl groups excluding tert-OH is 2. The van der Waals surface area contributed by atoms with Gasteiger partial charge in [0.05, 0.1) is 13.1 Å². The molecule has 4 rings (SSSR count). The van der Waals surface area contributed by atoms with Crippen molar-refractivity contribution in [2.75, 3.05) is 49.6 Å². The number of piperazine rings is 1. The highest BCUT2D eigenvalue weighted by Crippen LogP contribution is 2.38. The Labute approximate surface area is 181 Å². The zero-order valence-electron chi connectivity index (χ0n) is 17.8. The van der Waals surface area contributed by atoms with Crippen LogP contribution in [0.15, 0.2) is 30.3 Å². The predicted octanol–water partition coefficient (Wildman–Crippen LogP) is 0.218. The molecule has 2 aromatic rings. The number of hydrogen-bond donors (Lipinski definition) is 3. The van der Waals surface area contributed by atoms with Gasteiger partial charge < -0.3 is 25.3 Å². The van der Waals surface area contributed by atoms with Crippen molar-refractivity contribution in [3.05, 3.63) is 41.6 Å². The van der Waals surface area contributed by atoms with Crippen molar-refractivity contribution in [2.45, 2.75) is 26.0 Å². The lowest BCUT2D eigenvalue weighted by Gasteiger charge is -2.41. The third-order valence-electron chi connectivity index (χ3n) is 5.74. The van der Waals surface area contributed by atoms with Crippen molar-refractivity contribution in [3.8, 4) is 11.8 Å². The number of carbonyl (C=O) groups excluding carboxylic acids is 1. The molecule has 1 fully saturated rings. The number of Topliss-reactive ketones (excluding diaryl/α,β-unsaturated/α-hetero) is 1. The van der Waals surface area contributed by atoms with Crippen LogP contribution in [0.25, 0.3) is 0 Å². The molecular formula is C22H28N6O3. The first kappa shape index (κ1) is 21.3. The van der Waals surface area contributed by atoms with Crippen LogP contribution in [0.5, 0.6) is 0 Å². The standard InChI is InChI=1S/C22H28N6O3/c1-3-4-12-27-18-19(24-21(27)26-13-10-23-11-14-26)25(2)22(31)28(20(18)30)15-17(29)16-8-6-5-7-9-16/h5-9,20,22-23,30-31H,10-15H2,1-2H3. The van der Waals surface area contributed by atoms with Crippen LogP contribution in [-0.4, -0.2) is 76.6 Å². The minimum atomic E-state index is -1.20. The van der Waals surface area contributed by atoms with Crippen LogP contribution < -0.4 is 15.1 Å². The van der Waals surface area contributed by atoms with Gasteiger partial charge in [0, 0.05) is 38.8 Å². The molecule has 3 heterocycles. The number of aromatic nitrogens is 2. The average molecular weight is 425 g/mol. The number of imidazole rings is 1. The Morgan fingerprint density at radius 3 is 2.61 bits per heavy atom. The second-order valence-electron chi connectivity index (χ2n) is 7.66. The van der Waals surface area contributed by atoms with E-state index in [4.69, 9.17) is 4.98 Å². The van der Waals surface area contributed by atoms with Crippen LogP contribution >= 0.6 is 0 Å². The Morgan fingerprint density at radius 2 is 1.94 bits per heavy atom. The Kier molecular flexibility index (Phi) is 6.25. The van der Waals surface area contributed by atoms with Crippen molar-refractivity contribution in [1.82, 2.24) is 19.8 Å². The summed E-state index contributed by atoms with van der Waals surface area (Å²) < 4.78 is 1.89. The smallest absolute Gasteiger partial charge is 0.208 e. The van der Waals surface area contributed by atoms with E-state index in [0.29, 0.717) is 29.6 Å².